The molecule has 0 N–H and O–H groups in total. The number of aromatic nitrogens is 1. The smallest absolute Gasteiger partial charge is 0.272 e. The molecule has 1 amide bonds. The third kappa shape index (κ3) is 3.90. The van der Waals surface area contributed by atoms with Crippen molar-refractivity contribution < 1.29 is 9.53 Å². The van der Waals surface area contributed by atoms with Gasteiger partial charge in [-0.25, -0.2) is 0 Å². The van der Waals surface area contributed by atoms with Crippen molar-refractivity contribution in [1.29, 1.82) is 0 Å². The van der Waals surface area contributed by atoms with Crippen LogP contribution < -0.4 is 0 Å². The van der Waals surface area contributed by atoms with Crippen molar-refractivity contribution in [1.82, 2.24) is 9.88 Å². The third-order valence-corrected chi connectivity index (χ3v) is 5.16. The van der Waals surface area contributed by atoms with Crippen LogP contribution >= 0.6 is 0 Å². The van der Waals surface area contributed by atoms with Crippen molar-refractivity contribution in [2.45, 2.75) is 37.8 Å². The molecular formula is C21H24N2O2. The highest BCUT2D eigenvalue weighted by Gasteiger charge is 2.39. The van der Waals surface area contributed by atoms with Crippen molar-refractivity contribution >= 4 is 5.91 Å². The Balaban J connectivity index is 1.52. The highest BCUT2D eigenvalue weighted by atomic mass is 16.5. The minimum Gasteiger partial charge on any atom is -0.376 e. The van der Waals surface area contributed by atoms with E-state index in [2.05, 4.69) is 29.2 Å². The predicted octanol–water partition coefficient (Wildman–Crippen LogP) is 3.33. The van der Waals surface area contributed by atoms with E-state index in [0.29, 0.717) is 5.69 Å². The van der Waals surface area contributed by atoms with E-state index in [4.69, 9.17) is 4.74 Å². The van der Waals surface area contributed by atoms with E-state index in [1.807, 2.05) is 23.1 Å². The van der Waals surface area contributed by atoms with Crippen LogP contribution in [0.1, 0.15) is 35.3 Å². The number of rotatable bonds is 6. The van der Waals surface area contributed by atoms with Gasteiger partial charge in [-0.3, -0.25) is 9.78 Å². The summed E-state index contributed by atoms with van der Waals surface area (Å²) >= 11 is 0. The van der Waals surface area contributed by atoms with Crippen LogP contribution in [0.4, 0.5) is 0 Å². The van der Waals surface area contributed by atoms with Gasteiger partial charge in [-0.15, -0.1) is 0 Å². The van der Waals surface area contributed by atoms with Gasteiger partial charge in [-0.05, 0) is 49.3 Å². The predicted molar refractivity (Wildman–Crippen MR) is 96.3 cm³/mol. The summed E-state index contributed by atoms with van der Waals surface area (Å²) in [6.45, 7) is 1.57. The number of amides is 1. The summed E-state index contributed by atoms with van der Waals surface area (Å²) in [6, 6.07) is 15.9. The summed E-state index contributed by atoms with van der Waals surface area (Å²) in [5.74, 6) is 0.747. The highest BCUT2D eigenvalue weighted by molar-refractivity contribution is 5.92. The van der Waals surface area contributed by atoms with Crippen LogP contribution in [0.5, 0.6) is 0 Å². The molecule has 4 rings (SSSR count). The van der Waals surface area contributed by atoms with E-state index in [1.165, 1.54) is 18.4 Å². The summed E-state index contributed by atoms with van der Waals surface area (Å²) < 4.78 is 6.21. The Morgan fingerprint density at radius 3 is 2.60 bits per heavy atom. The van der Waals surface area contributed by atoms with Gasteiger partial charge in [0, 0.05) is 19.3 Å². The van der Waals surface area contributed by atoms with E-state index in [1.54, 1.807) is 12.3 Å². The first-order valence-electron chi connectivity index (χ1n) is 9.19. The zero-order valence-corrected chi connectivity index (χ0v) is 14.4. The van der Waals surface area contributed by atoms with Crippen LogP contribution in [0.25, 0.3) is 0 Å². The van der Waals surface area contributed by atoms with Gasteiger partial charge in [0.1, 0.15) is 5.69 Å². The maximum atomic E-state index is 13.0. The maximum Gasteiger partial charge on any atom is 0.272 e. The fraction of sp³-hybridized carbons (Fsp3) is 0.429. The van der Waals surface area contributed by atoms with E-state index >= 15 is 0 Å². The van der Waals surface area contributed by atoms with Gasteiger partial charge >= 0.3 is 0 Å². The number of ether oxygens (including phenoxy) is 1. The second-order valence-corrected chi connectivity index (χ2v) is 7.07. The van der Waals surface area contributed by atoms with Crippen LogP contribution in [-0.2, 0) is 11.2 Å². The van der Waals surface area contributed by atoms with Crippen molar-refractivity contribution in [3.63, 3.8) is 0 Å². The molecule has 2 aliphatic rings. The fourth-order valence-electron chi connectivity index (χ4n) is 3.55. The molecule has 2 heterocycles. The van der Waals surface area contributed by atoms with Crippen molar-refractivity contribution in [3.8, 4) is 0 Å². The first-order chi connectivity index (χ1) is 12.3. The quantitative estimate of drug-likeness (QED) is 0.812. The fourth-order valence-corrected chi connectivity index (χ4v) is 3.55. The number of carbonyl (C=O) groups is 1. The molecule has 1 aliphatic carbocycles. The molecule has 0 unspecified atom stereocenters. The van der Waals surface area contributed by atoms with Gasteiger partial charge in [0.15, 0.2) is 0 Å². The standard InChI is InChI=1S/C21H24N2O2/c24-21(18-8-4-5-12-22-18)23-13-11-20(25-15-17-9-10-17)19(23)14-16-6-2-1-3-7-16/h1-8,12,17,19-20H,9-11,13-15H2/t19-,20+/m0/s1. The van der Waals surface area contributed by atoms with E-state index in [0.717, 1.165) is 31.9 Å². The monoisotopic (exact) mass is 336 g/mol. The van der Waals surface area contributed by atoms with Crippen molar-refractivity contribution in [2.24, 2.45) is 5.92 Å². The Kier molecular flexibility index (Phi) is 4.79. The topological polar surface area (TPSA) is 42.4 Å². The van der Waals surface area contributed by atoms with Gasteiger partial charge in [-0.2, -0.15) is 0 Å². The minimum atomic E-state index is 0.0130. The molecule has 2 atom stereocenters. The molecule has 0 bridgehead atoms. The van der Waals surface area contributed by atoms with Crippen LogP contribution in [0.2, 0.25) is 0 Å². The molecular weight excluding hydrogens is 312 g/mol. The summed E-state index contributed by atoms with van der Waals surface area (Å²) in [4.78, 5) is 19.2. The summed E-state index contributed by atoms with van der Waals surface area (Å²) in [6.07, 6.45) is 6.10. The lowest BCUT2D eigenvalue weighted by Gasteiger charge is -2.28. The van der Waals surface area contributed by atoms with Crippen LogP contribution in [0.3, 0.4) is 0 Å². The number of carbonyl (C=O) groups excluding carboxylic acids is 1. The van der Waals surface area contributed by atoms with Gasteiger partial charge in [0.25, 0.3) is 5.91 Å². The van der Waals surface area contributed by atoms with E-state index in [9.17, 15) is 4.79 Å². The normalized spacial score (nSPS) is 23.0. The molecule has 0 spiro atoms. The lowest BCUT2D eigenvalue weighted by Crippen LogP contribution is -2.42. The highest BCUT2D eigenvalue weighted by Crippen LogP contribution is 2.32. The lowest BCUT2D eigenvalue weighted by atomic mass is 10.0. The summed E-state index contributed by atoms with van der Waals surface area (Å²) in [7, 11) is 0. The Morgan fingerprint density at radius 1 is 1.08 bits per heavy atom. The van der Waals surface area contributed by atoms with Gasteiger partial charge < -0.3 is 9.64 Å². The molecule has 1 aliphatic heterocycles. The summed E-state index contributed by atoms with van der Waals surface area (Å²) in [5, 5.41) is 0. The van der Waals surface area contributed by atoms with Crippen LogP contribution in [0.15, 0.2) is 54.7 Å². The van der Waals surface area contributed by atoms with Crippen molar-refractivity contribution in [2.75, 3.05) is 13.2 Å². The average molecular weight is 336 g/mol. The number of benzene rings is 1. The molecule has 2 fully saturated rings. The molecule has 0 radical (unpaired) electrons. The summed E-state index contributed by atoms with van der Waals surface area (Å²) in [5.41, 5.74) is 1.76. The lowest BCUT2D eigenvalue weighted by molar-refractivity contribution is 0.0198. The van der Waals surface area contributed by atoms with Crippen molar-refractivity contribution in [3.05, 3.63) is 66.0 Å². The maximum absolute atomic E-state index is 13.0. The zero-order valence-electron chi connectivity index (χ0n) is 14.4. The Labute approximate surface area is 148 Å². The molecule has 130 valence electrons. The van der Waals surface area contributed by atoms with Gasteiger partial charge in [-0.1, -0.05) is 36.4 Å². The molecule has 2 aromatic rings. The SMILES string of the molecule is O=C(c1ccccn1)N1CC[C@@H](OCC2CC2)[C@@H]1Cc1ccccc1. The van der Waals surface area contributed by atoms with E-state index < -0.39 is 0 Å². The average Bonchev–Trinajstić information content (AvgIpc) is 3.42. The number of nitrogens with zero attached hydrogens (tertiary/aromatic N) is 2. The number of hydrogen-bond acceptors (Lipinski definition) is 3. The molecule has 4 heteroatoms. The Morgan fingerprint density at radius 2 is 1.88 bits per heavy atom. The second-order valence-electron chi connectivity index (χ2n) is 7.07. The molecule has 1 saturated heterocycles. The molecule has 1 aromatic carbocycles. The van der Waals surface area contributed by atoms with E-state index in [-0.39, 0.29) is 18.1 Å². The molecule has 4 nitrogen and oxygen atoms in total. The largest absolute Gasteiger partial charge is 0.376 e. The Bertz CT molecular complexity index is 700. The molecule has 1 saturated carbocycles. The molecule has 25 heavy (non-hydrogen) atoms. The minimum absolute atomic E-state index is 0.0130. The van der Waals surface area contributed by atoms with Gasteiger partial charge in [0.2, 0.25) is 0 Å². The number of hydrogen-bond donors (Lipinski definition) is 0. The third-order valence-electron chi connectivity index (χ3n) is 5.16. The van der Waals surface area contributed by atoms with Gasteiger partial charge in [0.05, 0.1) is 12.1 Å². The van der Waals surface area contributed by atoms with Crippen LogP contribution in [0, 0.1) is 5.92 Å². The Hall–Kier alpha value is -2.20. The van der Waals surface area contributed by atoms with Crippen LogP contribution in [-0.4, -0.2) is 41.1 Å². The second kappa shape index (κ2) is 7.36. The zero-order chi connectivity index (χ0) is 17.1. The molecule has 1 aromatic heterocycles. The first-order valence-corrected chi connectivity index (χ1v) is 9.19. The first kappa shape index (κ1) is 16.3. The number of likely N-dealkylation sites (tertiary alicyclic amines) is 1. The number of pyridine rings is 1.